The molecule has 1 heterocycles. The van der Waals surface area contributed by atoms with E-state index < -0.39 is 30.3 Å². The maximum absolute atomic E-state index is 12.4. The van der Waals surface area contributed by atoms with Gasteiger partial charge < -0.3 is 25.1 Å². The van der Waals surface area contributed by atoms with Crippen molar-refractivity contribution < 1.29 is 24.9 Å². The molecule has 0 radical (unpaired) electrons. The Hall–Kier alpha value is -1.34. The summed E-state index contributed by atoms with van der Waals surface area (Å²) in [6.45, 7) is 0.0307. The second-order valence-corrected chi connectivity index (χ2v) is 5.71. The van der Waals surface area contributed by atoms with Crippen LogP contribution in [0.5, 0.6) is 0 Å². The quantitative estimate of drug-likeness (QED) is 0.656. The van der Waals surface area contributed by atoms with Gasteiger partial charge in [0.15, 0.2) is 0 Å². The topological polar surface area (TPSA) is 101 Å². The van der Waals surface area contributed by atoms with Crippen molar-refractivity contribution in [3.63, 3.8) is 0 Å². The van der Waals surface area contributed by atoms with E-state index in [0.717, 1.165) is 19.3 Å². The number of urea groups is 1. The van der Waals surface area contributed by atoms with Crippen LogP contribution in [0.2, 0.25) is 0 Å². The Morgan fingerprint density at radius 2 is 1.85 bits per heavy atom. The van der Waals surface area contributed by atoms with Crippen molar-refractivity contribution >= 4 is 12.0 Å². The number of amides is 2. The van der Waals surface area contributed by atoms with Gasteiger partial charge in [0.25, 0.3) is 0 Å². The lowest BCUT2D eigenvalue weighted by Crippen LogP contribution is -2.53. The molecule has 1 saturated carbocycles. The lowest BCUT2D eigenvalue weighted by atomic mass is 9.92. The second-order valence-electron chi connectivity index (χ2n) is 5.71. The number of hydrogen-bond acceptors (Lipinski definition) is 4. The summed E-state index contributed by atoms with van der Waals surface area (Å²) in [4.78, 5) is 26.2. The van der Waals surface area contributed by atoms with Gasteiger partial charge in [-0.15, -0.1) is 0 Å². The zero-order chi connectivity index (χ0) is 14.9. The molecular weight excluding hydrogens is 264 g/mol. The van der Waals surface area contributed by atoms with Crippen LogP contribution in [-0.4, -0.2) is 75.0 Å². The number of likely N-dealkylation sites (tertiary alicyclic amines) is 1. The molecule has 0 aromatic heterocycles. The number of aliphatic carboxylic acids is 1. The number of aliphatic hydroxyl groups excluding tert-OH is 2. The molecule has 1 aliphatic carbocycles. The van der Waals surface area contributed by atoms with E-state index in [0.29, 0.717) is 6.42 Å². The summed E-state index contributed by atoms with van der Waals surface area (Å²) in [6, 6.07) is -1.69. The maximum Gasteiger partial charge on any atom is 0.326 e. The monoisotopic (exact) mass is 286 g/mol. The highest BCUT2D eigenvalue weighted by Gasteiger charge is 2.42. The van der Waals surface area contributed by atoms with E-state index in [1.54, 1.807) is 7.05 Å². The Morgan fingerprint density at radius 1 is 1.20 bits per heavy atom. The molecular formula is C13H22N2O5. The van der Waals surface area contributed by atoms with Crippen molar-refractivity contribution in [2.24, 2.45) is 0 Å². The minimum atomic E-state index is -1.10. The van der Waals surface area contributed by atoms with Crippen molar-refractivity contribution in [3.8, 4) is 0 Å². The van der Waals surface area contributed by atoms with Crippen molar-refractivity contribution in [1.82, 2.24) is 9.80 Å². The maximum atomic E-state index is 12.4. The first-order valence-electron chi connectivity index (χ1n) is 7.04. The summed E-state index contributed by atoms with van der Waals surface area (Å²) >= 11 is 0. The van der Waals surface area contributed by atoms with E-state index >= 15 is 0 Å². The minimum Gasteiger partial charge on any atom is -0.480 e. The third kappa shape index (κ3) is 2.88. The van der Waals surface area contributed by atoms with Crippen LogP contribution in [0, 0.1) is 0 Å². The van der Waals surface area contributed by atoms with Crippen LogP contribution < -0.4 is 0 Å². The lowest BCUT2D eigenvalue weighted by Gasteiger charge is -2.37. The number of nitrogens with zero attached hydrogens (tertiary/aromatic N) is 2. The standard InChI is InChI=1S/C13H22N2O5/c1-14(9-4-2-3-5-11(9)17)13(20)15-7-8(16)6-10(15)12(18)19/h8-11,16-17H,2-7H2,1H3,(H,18,19). The van der Waals surface area contributed by atoms with Gasteiger partial charge in [0.2, 0.25) is 0 Å². The molecule has 2 aliphatic rings. The minimum absolute atomic E-state index is 0.0307. The highest BCUT2D eigenvalue weighted by molar-refractivity contribution is 5.83. The molecule has 7 heteroatoms. The van der Waals surface area contributed by atoms with Crippen molar-refractivity contribution in [1.29, 1.82) is 0 Å². The predicted molar refractivity (Wildman–Crippen MR) is 70.2 cm³/mol. The molecule has 0 spiro atoms. The average molecular weight is 286 g/mol. The number of β-amino-alcohol motifs (C(OH)–C–C–N with tert-alkyl or cyclic N) is 1. The molecule has 0 aromatic rings. The average Bonchev–Trinajstić information content (AvgIpc) is 2.80. The van der Waals surface area contributed by atoms with Gasteiger partial charge >= 0.3 is 12.0 Å². The van der Waals surface area contributed by atoms with Gasteiger partial charge in [0.05, 0.1) is 18.2 Å². The fraction of sp³-hybridized carbons (Fsp3) is 0.846. The van der Waals surface area contributed by atoms with E-state index in [-0.39, 0.29) is 19.0 Å². The van der Waals surface area contributed by atoms with Crippen LogP contribution in [0.1, 0.15) is 32.1 Å². The molecule has 20 heavy (non-hydrogen) atoms. The molecule has 4 atom stereocenters. The zero-order valence-corrected chi connectivity index (χ0v) is 11.6. The Balaban J connectivity index is 2.07. The molecule has 2 amide bonds. The normalized spacial score (nSPS) is 34.0. The van der Waals surface area contributed by atoms with Crippen molar-refractivity contribution in [2.45, 2.75) is 56.4 Å². The number of carbonyl (C=O) groups is 2. The van der Waals surface area contributed by atoms with Crippen molar-refractivity contribution in [2.75, 3.05) is 13.6 Å². The van der Waals surface area contributed by atoms with E-state index in [1.165, 1.54) is 9.80 Å². The van der Waals surface area contributed by atoms with Crippen LogP contribution in [-0.2, 0) is 4.79 Å². The van der Waals surface area contributed by atoms with Crippen LogP contribution >= 0.6 is 0 Å². The van der Waals surface area contributed by atoms with Crippen LogP contribution in [0.3, 0.4) is 0 Å². The molecule has 4 unspecified atom stereocenters. The van der Waals surface area contributed by atoms with Gasteiger partial charge in [-0.25, -0.2) is 9.59 Å². The number of hydrogen-bond donors (Lipinski definition) is 3. The number of rotatable bonds is 2. The number of likely N-dealkylation sites (N-methyl/N-ethyl adjacent to an activating group) is 1. The third-order valence-corrected chi connectivity index (χ3v) is 4.30. The highest BCUT2D eigenvalue weighted by Crippen LogP contribution is 2.25. The molecule has 7 nitrogen and oxygen atoms in total. The van der Waals surface area contributed by atoms with E-state index in [2.05, 4.69) is 0 Å². The Labute approximate surface area is 117 Å². The predicted octanol–water partition coefficient (Wildman–Crippen LogP) is -0.139. The summed E-state index contributed by atoms with van der Waals surface area (Å²) in [7, 11) is 1.59. The number of carboxylic acid groups (broad SMARTS) is 1. The molecule has 1 aliphatic heterocycles. The molecule has 1 saturated heterocycles. The Morgan fingerprint density at radius 3 is 2.45 bits per heavy atom. The highest BCUT2D eigenvalue weighted by atomic mass is 16.4. The molecule has 3 N–H and O–H groups in total. The van der Waals surface area contributed by atoms with E-state index in [1.807, 2.05) is 0 Å². The van der Waals surface area contributed by atoms with Gasteiger partial charge in [-0.3, -0.25) is 0 Å². The molecule has 2 fully saturated rings. The Bertz CT molecular complexity index is 389. The fourth-order valence-corrected chi connectivity index (χ4v) is 3.15. The molecule has 0 bridgehead atoms. The summed E-state index contributed by atoms with van der Waals surface area (Å²) in [6.07, 6.45) is 1.97. The van der Waals surface area contributed by atoms with Crippen LogP contribution in [0.25, 0.3) is 0 Å². The van der Waals surface area contributed by atoms with Crippen LogP contribution in [0.4, 0.5) is 4.79 Å². The summed E-state index contributed by atoms with van der Waals surface area (Å²) in [5, 5.41) is 28.7. The Kier molecular flexibility index (Phi) is 4.49. The van der Waals surface area contributed by atoms with Crippen LogP contribution in [0.15, 0.2) is 0 Å². The molecule has 0 aromatic carbocycles. The molecule has 114 valence electrons. The first-order valence-corrected chi connectivity index (χ1v) is 7.04. The van der Waals surface area contributed by atoms with Gasteiger partial charge in [-0.1, -0.05) is 12.8 Å². The summed E-state index contributed by atoms with van der Waals surface area (Å²) < 4.78 is 0. The SMILES string of the molecule is CN(C(=O)N1CC(O)CC1C(=O)O)C1CCCCC1O. The number of carbonyl (C=O) groups excluding carboxylic acids is 1. The summed E-state index contributed by atoms with van der Waals surface area (Å²) in [5.41, 5.74) is 0. The van der Waals surface area contributed by atoms with Gasteiger partial charge in [0, 0.05) is 20.0 Å². The fourth-order valence-electron chi connectivity index (χ4n) is 3.15. The summed E-state index contributed by atoms with van der Waals surface area (Å²) in [5.74, 6) is -1.10. The molecule has 2 rings (SSSR count). The van der Waals surface area contributed by atoms with Gasteiger partial charge in [-0.05, 0) is 12.8 Å². The van der Waals surface area contributed by atoms with Gasteiger partial charge in [0.1, 0.15) is 6.04 Å². The first kappa shape index (κ1) is 15.1. The first-order chi connectivity index (χ1) is 9.41. The largest absolute Gasteiger partial charge is 0.480 e. The van der Waals surface area contributed by atoms with Crippen molar-refractivity contribution in [3.05, 3.63) is 0 Å². The number of carboxylic acids is 1. The van der Waals surface area contributed by atoms with E-state index in [4.69, 9.17) is 5.11 Å². The third-order valence-electron chi connectivity index (χ3n) is 4.30. The second kappa shape index (κ2) is 5.97. The van der Waals surface area contributed by atoms with Gasteiger partial charge in [-0.2, -0.15) is 0 Å². The van der Waals surface area contributed by atoms with E-state index in [9.17, 15) is 19.8 Å². The lowest BCUT2D eigenvalue weighted by molar-refractivity contribution is -0.141. The number of aliphatic hydroxyl groups is 2. The zero-order valence-electron chi connectivity index (χ0n) is 11.6. The smallest absolute Gasteiger partial charge is 0.326 e.